The average molecular weight is 471 g/mol. The van der Waals surface area contributed by atoms with E-state index in [-0.39, 0.29) is 12.2 Å². The zero-order valence-electron chi connectivity index (χ0n) is 20.7. The molecule has 1 aliphatic heterocycles. The van der Waals surface area contributed by atoms with E-state index in [9.17, 15) is 14.4 Å². The molecule has 7 nitrogen and oxygen atoms in total. The fraction of sp³-hybridized carbons (Fsp3) is 0.250. The predicted octanol–water partition coefficient (Wildman–Crippen LogP) is 5.06. The van der Waals surface area contributed by atoms with Crippen LogP contribution >= 0.6 is 0 Å². The standard InChI is InChI=1S/C28H30N4O3/c1-17(2)21-8-12-24(13-9-21)32-19(4)14-22(20(32)5)15-25-27(34)31(28(35)30-25)16-26(33)29-23-10-6-18(3)7-11-23/h6-15,17H,16H2,1-5H3,(H,29,33)(H,30,35)/b25-15+. The van der Waals surface area contributed by atoms with Gasteiger partial charge in [-0.05, 0) is 74.2 Å². The molecular weight excluding hydrogens is 440 g/mol. The van der Waals surface area contributed by atoms with Crippen LogP contribution in [0.1, 0.15) is 47.8 Å². The molecule has 0 aliphatic carbocycles. The summed E-state index contributed by atoms with van der Waals surface area (Å²) in [7, 11) is 0. The zero-order chi connectivity index (χ0) is 25.3. The number of carbonyl (C=O) groups excluding carboxylic acids is 3. The topological polar surface area (TPSA) is 83.4 Å². The van der Waals surface area contributed by atoms with Gasteiger partial charge in [0, 0.05) is 22.8 Å². The summed E-state index contributed by atoms with van der Waals surface area (Å²) < 4.78 is 2.12. The van der Waals surface area contributed by atoms with Crippen LogP contribution in [0.25, 0.3) is 11.8 Å². The Morgan fingerprint density at radius 1 is 1.00 bits per heavy atom. The smallest absolute Gasteiger partial charge is 0.325 e. The van der Waals surface area contributed by atoms with Gasteiger partial charge in [0.2, 0.25) is 5.91 Å². The average Bonchev–Trinajstić information content (AvgIpc) is 3.24. The van der Waals surface area contributed by atoms with E-state index < -0.39 is 17.8 Å². The second-order valence-electron chi connectivity index (χ2n) is 9.20. The molecule has 0 radical (unpaired) electrons. The molecule has 1 aromatic heterocycles. The van der Waals surface area contributed by atoms with Gasteiger partial charge in [0.25, 0.3) is 5.91 Å². The number of nitrogens with one attached hydrogen (secondary N) is 2. The van der Waals surface area contributed by atoms with Crippen molar-refractivity contribution in [3.63, 3.8) is 0 Å². The number of aromatic nitrogens is 1. The first kappa shape index (κ1) is 24.0. The molecule has 0 unspecified atom stereocenters. The summed E-state index contributed by atoms with van der Waals surface area (Å²) in [4.78, 5) is 38.7. The largest absolute Gasteiger partial charge is 0.329 e. The molecule has 0 saturated carbocycles. The van der Waals surface area contributed by atoms with Crippen LogP contribution in [-0.2, 0) is 9.59 Å². The first-order valence-corrected chi connectivity index (χ1v) is 11.6. The fourth-order valence-corrected chi connectivity index (χ4v) is 4.19. The molecule has 4 amide bonds. The highest BCUT2D eigenvalue weighted by molar-refractivity contribution is 6.16. The maximum atomic E-state index is 12.9. The molecule has 1 fully saturated rings. The van der Waals surface area contributed by atoms with E-state index in [0.717, 1.165) is 33.1 Å². The first-order chi connectivity index (χ1) is 16.6. The molecule has 0 atom stereocenters. The van der Waals surface area contributed by atoms with E-state index >= 15 is 0 Å². The second-order valence-corrected chi connectivity index (χ2v) is 9.20. The molecule has 4 rings (SSSR count). The Morgan fingerprint density at radius 2 is 1.66 bits per heavy atom. The van der Waals surface area contributed by atoms with Gasteiger partial charge >= 0.3 is 6.03 Å². The molecule has 2 N–H and O–H groups in total. The number of anilines is 1. The van der Waals surface area contributed by atoms with E-state index in [4.69, 9.17) is 0 Å². The van der Waals surface area contributed by atoms with Crippen molar-refractivity contribution in [1.82, 2.24) is 14.8 Å². The molecule has 1 saturated heterocycles. The summed E-state index contributed by atoms with van der Waals surface area (Å²) in [6.45, 7) is 9.89. The van der Waals surface area contributed by atoms with E-state index in [2.05, 4.69) is 53.3 Å². The minimum absolute atomic E-state index is 0.147. The molecule has 2 heterocycles. The Hall–Kier alpha value is -4.13. The van der Waals surface area contributed by atoms with Crippen molar-refractivity contribution in [2.45, 2.75) is 40.5 Å². The molecule has 2 aromatic carbocycles. The number of benzene rings is 2. The van der Waals surface area contributed by atoms with Gasteiger partial charge < -0.3 is 15.2 Å². The third kappa shape index (κ3) is 5.04. The molecule has 3 aromatic rings. The minimum Gasteiger partial charge on any atom is -0.325 e. The highest BCUT2D eigenvalue weighted by Crippen LogP contribution is 2.25. The van der Waals surface area contributed by atoms with Crippen LogP contribution in [0.2, 0.25) is 0 Å². The summed E-state index contributed by atoms with van der Waals surface area (Å²) in [6.07, 6.45) is 1.67. The Bertz CT molecular complexity index is 1320. The van der Waals surface area contributed by atoms with Gasteiger partial charge in [0.05, 0.1) is 0 Å². The number of imide groups is 1. The number of rotatable bonds is 6. The second kappa shape index (κ2) is 9.62. The van der Waals surface area contributed by atoms with Gasteiger partial charge in [-0.3, -0.25) is 9.59 Å². The normalized spacial score (nSPS) is 14.7. The Morgan fingerprint density at radius 3 is 2.29 bits per heavy atom. The summed E-state index contributed by atoms with van der Waals surface area (Å²) in [5, 5.41) is 5.32. The Kier molecular flexibility index (Phi) is 6.60. The lowest BCUT2D eigenvalue weighted by Crippen LogP contribution is -2.38. The van der Waals surface area contributed by atoms with E-state index in [1.165, 1.54) is 5.56 Å². The molecule has 180 valence electrons. The van der Waals surface area contributed by atoms with Gasteiger partial charge in [-0.2, -0.15) is 0 Å². The minimum atomic E-state index is -0.613. The number of urea groups is 1. The van der Waals surface area contributed by atoms with E-state index in [1.807, 2.05) is 39.0 Å². The predicted molar refractivity (Wildman–Crippen MR) is 137 cm³/mol. The van der Waals surface area contributed by atoms with Crippen LogP contribution in [0.3, 0.4) is 0 Å². The van der Waals surface area contributed by atoms with Gasteiger partial charge in [-0.15, -0.1) is 0 Å². The highest BCUT2D eigenvalue weighted by atomic mass is 16.2. The van der Waals surface area contributed by atoms with Crippen molar-refractivity contribution >= 4 is 29.6 Å². The summed E-state index contributed by atoms with van der Waals surface area (Å²) >= 11 is 0. The molecule has 35 heavy (non-hydrogen) atoms. The van der Waals surface area contributed by atoms with Gasteiger partial charge in [0.15, 0.2) is 0 Å². The van der Waals surface area contributed by atoms with E-state index in [0.29, 0.717) is 11.6 Å². The monoisotopic (exact) mass is 470 g/mol. The number of aryl methyl sites for hydroxylation is 2. The highest BCUT2D eigenvalue weighted by Gasteiger charge is 2.35. The lowest BCUT2D eigenvalue weighted by Gasteiger charge is -2.12. The van der Waals surface area contributed by atoms with Crippen molar-refractivity contribution < 1.29 is 14.4 Å². The lowest BCUT2D eigenvalue weighted by molar-refractivity contribution is -0.127. The lowest BCUT2D eigenvalue weighted by atomic mass is 10.0. The van der Waals surface area contributed by atoms with Gasteiger partial charge in [-0.1, -0.05) is 43.7 Å². The van der Waals surface area contributed by atoms with Crippen LogP contribution in [0.4, 0.5) is 10.5 Å². The summed E-state index contributed by atoms with van der Waals surface area (Å²) in [5.41, 5.74) is 6.91. The number of amides is 4. The molecular formula is C28H30N4O3. The van der Waals surface area contributed by atoms with Crippen LogP contribution in [0.5, 0.6) is 0 Å². The zero-order valence-corrected chi connectivity index (χ0v) is 20.7. The summed E-state index contributed by atoms with van der Waals surface area (Å²) in [5.74, 6) is -0.517. The third-order valence-electron chi connectivity index (χ3n) is 6.19. The van der Waals surface area contributed by atoms with Crippen molar-refractivity contribution in [3.8, 4) is 5.69 Å². The molecule has 7 heteroatoms. The van der Waals surface area contributed by atoms with Crippen molar-refractivity contribution in [2.75, 3.05) is 11.9 Å². The van der Waals surface area contributed by atoms with Crippen LogP contribution in [0.15, 0.2) is 60.3 Å². The summed E-state index contributed by atoms with van der Waals surface area (Å²) in [6, 6.07) is 17.1. The maximum absolute atomic E-state index is 12.9. The number of carbonyl (C=O) groups is 3. The first-order valence-electron chi connectivity index (χ1n) is 11.6. The van der Waals surface area contributed by atoms with Crippen molar-refractivity contribution in [1.29, 1.82) is 0 Å². The fourth-order valence-electron chi connectivity index (χ4n) is 4.19. The van der Waals surface area contributed by atoms with Crippen molar-refractivity contribution in [2.24, 2.45) is 0 Å². The molecule has 0 spiro atoms. The number of hydrogen-bond acceptors (Lipinski definition) is 3. The van der Waals surface area contributed by atoms with Crippen LogP contribution < -0.4 is 10.6 Å². The van der Waals surface area contributed by atoms with Crippen LogP contribution in [-0.4, -0.2) is 33.9 Å². The number of hydrogen-bond donors (Lipinski definition) is 2. The molecule has 0 bridgehead atoms. The maximum Gasteiger partial charge on any atom is 0.329 e. The van der Waals surface area contributed by atoms with Gasteiger partial charge in [0.1, 0.15) is 12.2 Å². The van der Waals surface area contributed by atoms with Crippen LogP contribution in [0, 0.1) is 20.8 Å². The SMILES string of the molecule is Cc1ccc(NC(=O)CN2C(=O)N/C(=C/c3cc(C)n(-c4ccc(C(C)C)cc4)c3C)C2=O)cc1. The van der Waals surface area contributed by atoms with E-state index in [1.54, 1.807) is 18.2 Å². The Balaban J connectivity index is 1.51. The third-order valence-corrected chi connectivity index (χ3v) is 6.19. The molecule has 1 aliphatic rings. The van der Waals surface area contributed by atoms with Gasteiger partial charge in [-0.25, -0.2) is 9.69 Å². The Labute approximate surface area is 205 Å². The quantitative estimate of drug-likeness (QED) is 0.390. The number of nitrogens with zero attached hydrogens (tertiary/aromatic N) is 2. The van der Waals surface area contributed by atoms with Crippen molar-refractivity contribution in [3.05, 3.63) is 88.4 Å².